The van der Waals surface area contributed by atoms with Crippen molar-refractivity contribution >= 4 is 6.16 Å². The zero-order valence-corrected chi connectivity index (χ0v) is 11.1. The predicted octanol–water partition coefficient (Wildman–Crippen LogP) is 0.662. The average molecular weight is 286 g/mol. The lowest BCUT2D eigenvalue weighted by Gasteiger charge is -2.19. The summed E-state index contributed by atoms with van der Waals surface area (Å²) in [6, 6.07) is 0. The van der Waals surface area contributed by atoms with Crippen LogP contribution in [-0.4, -0.2) is 57.4 Å². The highest BCUT2D eigenvalue weighted by Crippen LogP contribution is 2.35. The smallest absolute Gasteiger partial charge is 0.428 e. The number of ether oxygens (including phenoxy) is 6. The zero-order valence-electron chi connectivity index (χ0n) is 11.1. The second-order valence-corrected chi connectivity index (χ2v) is 5.61. The maximum atomic E-state index is 11.9. The quantitative estimate of drug-likeness (QED) is 0.690. The van der Waals surface area contributed by atoms with Gasteiger partial charge in [0.2, 0.25) is 0 Å². The van der Waals surface area contributed by atoms with Gasteiger partial charge in [-0.25, -0.2) is 4.79 Å². The van der Waals surface area contributed by atoms with Crippen molar-refractivity contribution in [2.24, 2.45) is 11.8 Å². The minimum Gasteiger partial charge on any atom is -0.428 e. The molecule has 0 saturated carbocycles. The molecule has 0 N–H and O–H groups in total. The molecular weight excluding hydrogens is 268 g/mol. The largest absolute Gasteiger partial charge is 0.509 e. The molecule has 4 aliphatic heterocycles. The number of carbonyl (C=O) groups is 1. The highest BCUT2D eigenvalue weighted by atomic mass is 16.8. The third kappa shape index (κ3) is 2.18. The summed E-state index contributed by atoms with van der Waals surface area (Å²) in [7, 11) is 0. The minimum atomic E-state index is -0.646. The Kier molecular flexibility index (Phi) is 3.30. The number of hydrogen-bond acceptors (Lipinski definition) is 7. The van der Waals surface area contributed by atoms with Crippen LogP contribution in [0.2, 0.25) is 0 Å². The predicted molar refractivity (Wildman–Crippen MR) is 62.7 cm³/mol. The molecule has 112 valence electrons. The summed E-state index contributed by atoms with van der Waals surface area (Å²) in [4.78, 5) is 11.9. The Balaban J connectivity index is 1.30. The van der Waals surface area contributed by atoms with Crippen molar-refractivity contribution in [1.29, 1.82) is 0 Å². The molecular formula is C13H18O7. The second kappa shape index (κ2) is 5.14. The van der Waals surface area contributed by atoms with E-state index in [0.29, 0.717) is 26.4 Å². The van der Waals surface area contributed by atoms with Gasteiger partial charge in [0.1, 0.15) is 12.2 Å². The fourth-order valence-corrected chi connectivity index (χ4v) is 3.37. The Morgan fingerprint density at radius 1 is 0.800 bits per heavy atom. The van der Waals surface area contributed by atoms with Crippen molar-refractivity contribution in [1.82, 2.24) is 0 Å². The molecule has 0 amide bonds. The lowest BCUT2D eigenvalue weighted by atomic mass is 10.0. The first-order valence-electron chi connectivity index (χ1n) is 7.15. The number of hydrogen-bond donors (Lipinski definition) is 0. The van der Waals surface area contributed by atoms with Crippen LogP contribution in [0, 0.1) is 11.8 Å². The van der Waals surface area contributed by atoms with Crippen LogP contribution in [0.1, 0.15) is 12.8 Å². The summed E-state index contributed by atoms with van der Waals surface area (Å²) in [5.41, 5.74) is 0. The molecule has 4 heterocycles. The molecule has 0 aromatic rings. The molecule has 0 radical (unpaired) electrons. The second-order valence-electron chi connectivity index (χ2n) is 5.61. The molecule has 4 fully saturated rings. The van der Waals surface area contributed by atoms with Crippen molar-refractivity contribution < 1.29 is 33.2 Å². The Bertz CT molecular complexity index is 353. The van der Waals surface area contributed by atoms with Gasteiger partial charge < -0.3 is 28.4 Å². The van der Waals surface area contributed by atoms with Gasteiger partial charge in [-0.3, -0.25) is 0 Å². The normalized spacial score (nSPS) is 46.2. The van der Waals surface area contributed by atoms with E-state index >= 15 is 0 Å². The van der Waals surface area contributed by atoms with Crippen LogP contribution in [0.5, 0.6) is 0 Å². The first-order chi connectivity index (χ1) is 9.81. The molecule has 0 spiro atoms. The fraction of sp³-hybridized carbons (Fsp3) is 0.923. The van der Waals surface area contributed by atoms with Crippen LogP contribution < -0.4 is 0 Å². The molecule has 7 heteroatoms. The Morgan fingerprint density at radius 2 is 1.30 bits per heavy atom. The monoisotopic (exact) mass is 286 g/mol. The lowest BCUT2D eigenvalue weighted by molar-refractivity contribution is -0.0909. The molecule has 4 aliphatic rings. The summed E-state index contributed by atoms with van der Waals surface area (Å²) >= 11 is 0. The van der Waals surface area contributed by atoms with Crippen molar-refractivity contribution in [3.05, 3.63) is 0 Å². The van der Waals surface area contributed by atoms with Crippen molar-refractivity contribution in [3.8, 4) is 0 Å². The van der Waals surface area contributed by atoms with Crippen LogP contribution in [0.3, 0.4) is 0 Å². The summed E-state index contributed by atoms with van der Waals surface area (Å²) in [6.45, 7) is 2.06. The summed E-state index contributed by atoms with van der Waals surface area (Å²) < 4.78 is 32.4. The van der Waals surface area contributed by atoms with Crippen molar-refractivity contribution in [2.75, 3.05) is 26.4 Å². The fourth-order valence-electron chi connectivity index (χ4n) is 3.37. The summed E-state index contributed by atoms with van der Waals surface area (Å²) in [5, 5.41) is 0. The van der Waals surface area contributed by atoms with E-state index in [1.807, 2.05) is 0 Å². The molecule has 0 aromatic carbocycles. The van der Waals surface area contributed by atoms with E-state index in [4.69, 9.17) is 28.4 Å². The van der Waals surface area contributed by atoms with E-state index in [1.54, 1.807) is 0 Å². The maximum absolute atomic E-state index is 11.9. The van der Waals surface area contributed by atoms with E-state index < -0.39 is 6.16 Å². The molecule has 6 unspecified atom stereocenters. The average Bonchev–Trinajstić information content (AvgIpc) is 3.14. The number of rotatable bonds is 2. The Morgan fingerprint density at radius 3 is 1.80 bits per heavy atom. The van der Waals surface area contributed by atoms with Gasteiger partial charge in [-0.15, -0.1) is 0 Å². The Labute approximate surface area is 116 Å². The minimum absolute atomic E-state index is 0.130. The van der Waals surface area contributed by atoms with Gasteiger partial charge >= 0.3 is 6.16 Å². The summed E-state index contributed by atoms with van der Waals surface area (Å²) in [5.74, 6) is 0.259. The van der Waals surface area contributed by atoms with E-state index in [2.05, 4.69) is 0 Å². The van der Waals surface area contributed by atoms with E-state index in [0.717, 1.165) is 12.8 Å². The van der Waals surface area contributed by atoms with Gasteiger partial charge in [-0.2, -0.15) is 0 Å². The molecule has 6 atom stereocenters. The third-order valence-electron chi connectivity index (χ3n) is 4.47. The highest BCUT2D eigenvalue weighted by molar-refractivity contribution is 5.60. The van der Waals surface area contributed by atoms with Gasteiger partial charge in [0.15, 0.2) is 12.6 Å². The molecule has 0 aromatic heterocycles. The van der Waals surface area contributed by atoms with Crippen molar-refractivity contribution in [2.45, 2.75) is 37.6 Å². The van der Waals surface area contributed by atoms with Gasteiger partial charge in [0.05, 0.1) is 38.3 Å². The standard InChI is InChI=1S/C13H18O7/c14-13(19-9-5-17-11-7(9)1-3-15-11)20-10-6-18-12-8(10)2-4-16-12/h7-12H,1-6H2. The zero-order chi connectivity index (χ0) is 13.5. The van der Waals surface area contributed by atoms with Crippen LogP contribution in [-0.2, 0) is 28.4 Å². The van der Waals surface area contributed by atoms with Crippen LogP contribution in [0.15, 0.2) is 0 Å². The molecule has 0 bridgehead atoms. The molecule has 0 aliphatic carbocycles. The van der Waals surface area contributed by atoms with Crippen LogP contribution >= 0.6 is 0 Å². The van der Waals surface area contributed by atoms with E-state index in [1.165, 1.54) is 0 Å². The Hall–Kier alpha value is -0.890. The SMILES string of the molecule is O=C(OC1COC2OCCC12)OC1COC2OCCC12. The topological polar surface area (TPSA) is 72.5 Å². The maximum Gasteiger partial charge on any atom is 0.509 e. The molecule has 7 nitrogen and oxygen atoms in total. The van der Waals surface area contributed by atoms with E-state index in [-0.39, 0.29) is 36.6 Å². The first kappa shape index (κ1) is 12.8. The molecule has 4 saturated heterocycles. The molecule has 4 rings (SSSR count). The highest BCUT2D eigenvalue weighted by Gasteiger charge is 2.46. The first-order valence-corrected chi connectivity index (χ1v) is 7.15. The van der Waals surface area contributed by atoms with Crippen molar-refractivity contribution in [3.63, 3.8) is 0 Å². The van der Waals surface area contributed by atoms with Gasteiger partial charge in [-0.05, 0) is 12.8 Å². The van der Waals surface area contributed by atoms with E-state index in [9.17, 15) is 4.79 Å². The van der Waals surface area contributed by atoms with Gasteiger partial charge in [-0.1, -0.05) is 0 Å². The molecule has 20 heavy (non-hydrogen) atoms. The van der Waals surface area contributed by atoms with Gasteiger partial charge in [0, 0.05) is 0 Å². The summed E-state index contributed by atoms with van der Waals surface area (Å²) in [6.07, 6.45) is 0.0696. The van der Waals surface area contributed by atoms with Crippen LogP contribution in [0.4, 0.5) is 4.79 Å². The van der Waals surface area contributed by atoms with Gasteiger partial charge in [0.25, 0.3) is 0 Å². The lowest BCUT2D eigenvalue weighted by Crippen LogP contribution is -2.31. The number of fused-ring (bicyclic) bond motifs is 2. The number of carbonyl (C=O) groups excluding carboxylic acids is 1. The third-order valence-corrected chi connectivity index (χ3v) is 4.47. The van der Waals surface area contributed by atoms with Crippen LogP contribution in [0.25, 0.3) is 0 Å².